The molecule has 0 fully saturated rings. The number of rotatable bonds is 4. The molecule has 0 rings (SSSR count). The zero-order valence-electron chi connectivity index (χ0n) is 6.68. The van der Waals surface area contributed by atoms with Crippen molar-refractivity contribution in [3.8, 4) is 0 Å². The van der Waals surface area contributed by atoms with Crippen molar-refractivity contribution in [2.45, 2.75) is 32.5 Å². The lowest BCUT2D eigenvalue weighted by Gasteiger charge is -2.13. The van der Waals surface area contributed by atoms with Crippen LogP contribution in [0.15, 0.2) is 0 Å². The molecule has 0 aromatic rings. The molecule has 2 heteroatoms. The van der Waals surface area contributed by atoms with Gasteiger partial charge in [-0.05, 0) is 20.3 Å². The third-order valence-electron chi connectivity index (χ3n) is 1.47. The van der Waals surface area contributed by atoms with Gasteiger partial charge in [-0.15, -0.1) is 0 Å². The zero-order chi connectivity index (χ0) is 7.28. The SMILES string of the molecule is CO[C@@H](C)C[C@H](C)OC. The molecule has 0 unspecified atom stereocenters. The summed E-state index contributed by atoms with van der Waals surface area (Å²) in [5, 5.41) is 0. The van der Waals surface area contributed by atoms with Crippen LogP contribution in [0.1, 0.15) is 20.3 Å². The molecule has 0 spiro atoms. The standard InChI is InChI=1S/C7H16O2/c1-6(8-3)5-7(2)9-4/h6-7H,5H2,1-4H3/t6-,7-/m0/s1. The summed E-state index contributed by atoms with van der Waals surface area (Å²) in [6, 6.07) is 0. The van der Waals surface area contributed by atoms with Gasteiger partial charge in [0.05, 0.1) is 12.2 Å². The fraction of sp³-hybridized carbons (Fsp3) is 1.00. The first-order valence-corrected chi connectivity index (χ1v) is 3.26. The Morgan fingerprint density at radius 3 is 1.56 bits per heavy atom. The van der Waals surface area contributed by atoms with Gasteiger partial charge in [0.2, 0.25) is 0 Å². The third kappa shape index (κ3) is 4.43. The second-order valence-corrected chi connectivity index (χ2v) is 2.33. The first-order valence-electron chi connectivity index (χ1n) is 3.26. The van der Waals surface area contributed by atoms with Crippen LogP contribution in [0.2, 0.25) is 0 Å². The van der Waals surface area contributed by atoms with Crippen molar-refractivity contribution < 1.29 is 9.47 Å². The minimum Gasteiger partial charge on any atom is -0.382 e. The lowest BCUT2D eigenvalue weighted by atomic mass is 10.2. The molecule has 0 radical (unpaired) electrons. The van der Waals surface area contributed by atoms with Crippen molar-refractivity contribution >= 4 is 0 Å². The highest BCUT2D eigenvalue weighted by atomic mass is 16.5. The van der Waals surface area contributed by atoms with Crippen molar-refractivity contribution in [1.82, 2.24) is 0 Å². The molecule has 0 saturated carbocycles. The fourth-order valence-corrected chi connectivity index (χ4v) is 0.660. The number of methoxy groups -OCH3 is 2. The van der Waals surface area contributed by atoms with Crippen molar-refractivity contribution in [1.29, 1.82) is 0 Å². The number of ether oxygens (including phenoxy) is 2. The van der Waals surface area contributed by atoms with Gasteiger partial charge in [0.1, 0.15) is 0 Å². The molecule has 0 saturated heterocycles. The van der Waals surface area contributed by atoms with Crippen molar-refractivity contribution in [3.63, 3.8) is 0 Å². The minimum atomic E-state index is 0.306. The summed E-state index contributed by atoms with van der Waals surface area (Å²) in [6.45, 7) is 4.07. The van der Waals surface area contributed by atoms with E-state index in [1.54, 1.807) is 14.2 Å². The molecule has 0 aromatic carbocycles. The highest BCUT2D eigenvalue weighted by molar-refractivity contribution is 4.55. The van der Waals surface area contributed by atoms with E-state index in [0.717, 1.165) is 6.42 Å². The Bertz CT molecular complexity index is 55.9. The molecular formula is C7H16O2. The monoisotopic (exact) mass is 132 g/mol. The zero-order valence-corrected chi connectivity index (χ0v) is 6.68. The van der Waals surface area contributed by atoms with Gasteiger partial charge in [-0.1, -0.05) is 0 Å². The maximum absolute atomic E-state index is 5.04. The molecule has 0 bridgehead atoms. The summed E-state index contributed by atoms with van der Waals surface area (Å²) in [5.74, 6) is 0. The third-order valence-corrected chi connectivity index (χ3v) is 1.47. The molecule has 0 aliphatic rings. The van der Waals surface area contributed by atoms with Gasteiger partial charge < -0.3 is 9.47 Å². The Balaban J connectivity index is 3.22. The number of hydrogen-bond acceptors (Lipinski definition) is 2. The van der Waals surface area contributed by atoms with Crippen LogP contribution in [-0.4, -0.2) is 26.4 Å². The largest absolute Gasteiger partial charge is 0.382 e. The van der Waals surface area contributed by atoms with E-state index in [2.05, 4.69) is 0 Å². The van der Waals surface area contributed by atoms with Crippen LogP contribution in [-0.2, 0) is 9.47 Å². The Morgan fingerprint density at radius 1 is 1.00 bits per heavy atom. The minimum absolute atomic E-state index is 0.306. The van der Waals surface area contributed by atoms with E-state index in [9.17, 15) is 0 Å². The highest BCUT2D eigenvalue weighted by Crippen LogP contribution is 2.02. The molecule has 0 aliphatic heterocycles. The molecule has 0 heterocycles. The maximum atomic E-state index is 5.04. The lowest BCUT2D eigenvalue weighted by molar-refractivity contribution is 0.0397. The van der Waals surface area contributed by atoms with Gasteiger partial charge >= 0.3 is 0 Å². The van der Waals surface area contributed by atoms with Crippen molar-refractivity contribution in [2.75, 3.05) is 14.2 Å². The van der Waals surface area contributed by atoms with E-state index in [1.165, 1.54) is 0 Å². The van der Waals surface area contributed by atoms with Gasteiger partial charge in [-0.2, -0.15) is 0 Å². The van der Waals surface area contributed by atoms with Crippen LogP contribution in [0, 0.1) is 0 Å². The quantitative estimate of drug-likeness (QED) is 0.576. The van der Waals surface area contributed by atoms with Crippen LogP contribution in [0.3, 0.4) is 0 Å². The van der Waals surface area contributed by atoms with Crippen LogP contribution in [0.25, 0.3) is 0 Å². The van der Waals surface area contributed by atoms with E-state index < -0.39 is 0 Å². The summed E-state index contributed by atoms with van der Waals surface area (Å²) >= 11 is 0. The number of hydrogen-bond donors (Lipinski definition) is 0. The average molecular weight is 132 g/mol. The molecule has 0 amide bonds. The van der Waals surface area contributed by atoms with E-state index in [1.807, 2.05) is 13.8 Å². The Morgan fingerprint density at radius 2 is 1.33 bits per heavy atom. The van der Waals surface area contributed by atoms with Gasteiger partial charge in [0.25, 0.3) is 0 Å². The average Bonchev–Trinajstić information content (AvgIpc) is 1.87. The first kappa shape index (κ1) is 8.92. The van der Waals surface area contributed by atoms with Crippen LogP contribution in [0.5, 0.6) is 0 Å². The van der Waals surface area contributed by atoms with E-state index in [0.29, 0.717) is 12.2 Å². The molecule has 56 valence electrons. The smallest absolute Gasteiger partial charge is 0.0567 e. The molecule has 0 aromatic heterocycles. The lowest BCUT2D eigenvalue weighted by Crippen LogP contribution is -2.15. The molecule has 9 heavy (non-hydrogen) atoms. The van der Waals surface area contributed by atoms with Crippen LogP contribution < -0.4 is 0 Å². The Hall–Kier alpha value is -0.0800. The van der Waals surface area contributed by atoms with Crippen molar-refractivity contribution in [2.24, 2.45) is 0 Å². The molecule has 2 atom stereocenters. The molecule has 2 nitrogen and oxygen atoms in total. The predicted molar refractivity (Wildman–Crippen MR) is 37.6 cm³/mol. The van der Waals surface area contributed by atoms with Crippen LogP contribution in [0.4, 0.5) is 0 Å². The van der Waals surface area contributed by atoms with Gasteiger partial charge in [-0.25, -0.2) is 0 Å². The predicted octanol–water partition coefficient (Wildman–Crippen LogP) is 1.45. The Kier molecular flexibility index (Phi) is 4.72. The first-order chi connectivity index (χ1) is 4.20. The topological polar surface area (TPSA) is 18.5 Å². The van der Waals surface area contributed by atoms with Gasteiger partial charge in [0, 0.05) is 14.2 Å². The summed E-state index contributed by atoms with van der Waals surface area (Å²) in [7, 11) is 3.43. The summed E-state index contributed by atoms with van der Waals surface area (Å²) < 4.78 is 10.1. The van der Waals surface area contributed by atoms with E-state index in [4.69, 9.17) is 9.47 Å². The van der Waals surface area contributed by atoms with E-state index in [-0.39, 0.29) is 0 Å². The second kappa shape index (κ2) is 4.77. The van der Waals surface area contributed by atoms with Crippen molar-refractivity contribution in [3.05, 3.63) is 0 Å². The second-order valence-electron chi connectivity index (χ2n) is 2.33. The van der Waals surface area contributed by atoms with Gasteiger partial charge in [-0.3, -0.25) is 0 Å². The summed E-state index contributed by atoms with van der Waals surface area (Å²) in [6.07, 6.45) is 1.58. The summed E-state index contributed by atoms with van der Waals surface area (Å²) in [5.41, 5.74) is 0. The highest BCUT2D eigenvalue weighted by Gasteiger charge is 2.04. The fourth-order valence-electron chi connectivity index (χ4n) is 0.660. The van der Waals surface area contributed by atoms with E-state index >= 15 is 0 Å². The Labute approximate surface area is 57.2 Å². The van der Waals surface area contributed by atoms with Gasteiger partial charge in [0.15, 0.2) is 0 Å². The summed E-state index contributed by atoms with van der Waals surface area (Å²) in [4.78, 5) is 0. The normalized spacial score (nSPS) is 17.3. The molecule has 0 aliphatic carbocycles. The maximum Gasteiger partial charge on any atom is 0.0567 e. The van der Waals surface area contributed by atoms with Crippen LogP contribution >= 0.6 is 0 Å². The molecular weight excluding hydrogens is 116 g/mol. The molecule has 0 N–H and O–H groups in total.